The summed E-state index contributed by atoms with van der Waals surface area (Å²) < 4.78 is 47.3. The number of hydrogen-bond donors (Lipinski definition) is 1. The van der Waals surface area contributed by atoms with Crippen molar-refractivity contribution >= 4 is 51.5 Å². The topological polar surface area (TPSA) is 90.5 Å². The van der Waals surface area contributed by atoms with Gasteiger partial charge >= 0.3 is 6.18 Å². The summed E-state index contributed by atoms with van der Waals surface area (Å²) >= 11 is 6.66. The molecule has 12 heteroatoms. The van der Waals surface area contributed by atoms with Crippen LogP contribution >= 0.6 is 23.4 Å². The average Bonchev–Trinajstić information content (AvgIpc) is 3.38. The first kappa shape index (κ1) is 26.7. The van der Waals surface area contributed by atoms with Gasteiger partial charge in [-0.15, -0.1) is 0 Å². The van der Waals surface area contributed by atoms with Gasteiger partial charge in [-0.25, -0.2) is 0 Å². The zero-order valence-corrected chi connectivity index (χ0v) is 21.7. The second-order valence-corrected chi connectivity index (χ2v) is 10.9. The number of carbonyl (C=O) groups is 2. The van der Waals surface area contributed by atoms with E-state index in [9.17, 15) is 22.8 Å². The number of amides is 2. The molecule has 2 N–H and O–H groups in total. The number of nitrogens with zero attached hydrogens (tertiary/aromatic N) is 3. The summed E-state index contributed by atoms with van der Waals surface area (Å²) in [5, 5.41) is 4.62. The SMILES string of the molecule is NC1(CCN2C(=O)SC(=Cc3ccc4c(cnn4Cc4ccc(Cl)cc4C(F)(F)F)c3)C2=O)CCOCC1. The van der Waals surface area contributed by atoms with Gasteiger partial charge in [0.15, 0.2) is 0 Å². The Labute approximate surface area is 225 Å². The predicted octanol–water partition coefficient (Wildman–Crippen LogP) is 5.69. The third kappa shape index (κ3) is 5.61. The van der Waals surface area contributed by atoms with E-state index in [0.717, 1.165) is 17.8 Å². The highest BCUT2D eigenvalue weighted by Gasteiger charge is 2.37. The van der Waals surface area contributed by atoms with E-state index < -0.39 is 17.3 Å². The van der Waals surface area contributed by atoms with Crippen molar-refractivity contribution in [2.45, 2.75) is 37.5 Å². The van der Waals surface area contributed by atoms with Gasteiger partial charge < -0.3 is 10.5 Å². The van der Waals surface area contributed by atoms with Gasteiger partial charge in [0.1, 0.15) is 0 Å². The molecular weight excluding hydrogens is 541 g/mol. The Morgan fingerprint density at radius 1 is 1.16 bits per heavy atom. The predicted molar refractivity (Wildman–Crippen MR) is 140 cm³/mol. The lowest BCUT2D eigenvalue weighted by molar-refractivity contribution is -0.138. The zero-order chi connectivity index (χ0) is 27.1. The number of benzene rings is 2. The van der Waals surface area contributed by atoms with E-state index >= 15 is 0 Å². The van der Waals surface area contributed by atoms with Crippen LogP contribution in [0.5, 0.6) is 0 Å². The number of hydrogen-bond acceptors (Lipinski definition) is 6. The van der Waals surface area contributed by atoms with Gasteiger partial charge in [-0.3, -0.25) is 19.2 Å². The minimum Gasteiger partial charge on any atom is -0.381 e. The van der Waals surface area contributed by atoms with Crippen molar-refractivity contribution in [1.82, 2.24) is 14.7 Å². The Kier molecular flexibility index (Phi) is 7.29. The molecule has 0 unspecified atom stereocenters. The maximum Gasteiger partial charge on any atom is 0.416 e. The van der Waals surface area contributed by atoms with Crippen molar-refractivity contribution in [2.75, 3.05) is 19.8 Å². The first-order chi connectivity index (χ1) is 18.0. The van der Waals surface area contributed by atoms with Crippen molar-refractivity contribution in [1.29, 1.82) is 0 Å². The highest BCUT2D eigenvalue weighted by Crippen LogP contribution is 2.36. The number of carbonyl (C=O) groups excluding carboxylic acids is 2. The van der Waals surface area contributed by atoms with Crippen molar-refractivity contribution in [3.63, 3.8) is 0 Å². The molecule has 2 aliphatic rings. The van der Waals surface area contributed by atoms with E-state index in [1.807, 2.05) is 0 Å². The molecule has 3 aromatic rings. The monoisotopic (exact) mass is 564 g/mol. The molecule has 1 aromatic heterocycles. The van der Waals surface area contributed by atoms with Crippen LogP contribution in [0.15, 0.2) is 47.5 Å². The van der Waals surface area contributed by atoms with Crippen molar-refractivity contribution < 1.29 is 27.5 Å². The standard InChI is InChI=1S/C26H24ClF3N4O3S/c27-19-3-2-17(20(13-19)26(28,29)30)15-34-21-4-1-16(11-18(21)14-32-34)12-22-23(35)33(24(36)38-22)8-5-25(31)6-9-37-10-7-25/h1-4,11-14H,5-10,15,31H2. The van der Waals surface area contributed by atoms with E-state index in [2.05, 4.69) is 5.10 Å². The number of ether oxygens (including phenoxy) is 1. The Hall–Kier alpha value is -2.86. The Morgan fingerprint density at radius 3 is 2.66 bits per heavy atom. The minimum absolute atomic E-state index is 0.00609. The molecule has 0 atom stereocenters. The lowest BCUT2D eigenvalue weighted by Crippen LogP contribution is -2.47. The molecule has 5 rings (SSSR count). The maximum atomic E-state index is 13.5. The normalized spacial score (nSPS) is 19.2. The van der Waals surface area contributed by atoms with E-state index in [-0.39, 0.29) is 34.8 Å². The summed E-state index contributed by atoms with van der Waals surface area (Å²) in [5.41, 5.74) is 6.49. The Morgan fingerprint density at radius 2 is 1.92 bits per heavy atom. The fourth-order valence-electron chi connectivity index (χ4n) is 4.64. The zero-order valence-electron chi connectivity index (χ0n) is 20.1. The van der Waals surface area contributed by atoms with Crippen LogP contribution in [0.4, 0.5) is 18.0 Å². The first-order valence-corrected chi connectivity index (χ1v) is 13.2. The number of fused-ring (bicyclic) bond motifs is 1. The highest BCUT2D eigenvalue weighted by molar-refractivity contribution is 8.18. The van der Waals surface area contributed by atoms with E-state index in [4.69, 9.17) is 22.1 Å². The molecule has 0 spiro atoms. The van der Waals surface area contributed by atoms with Gasteiger partial charge in [-0.1, -0.05) is 23.7 Å². The first-order valence-electron chi connectivity index (χ1n) is 12.0. The number of alkyl halides is 3. The van der Waals surface area contributed by atoms with Crippen molar-refractivity contribution in [3.05, 3.63) is 69.2 Å². The third-order valence-electron chi connectivity index (χ3n) is 6.86. The molecule has 2 amide bonds. The molecule has 7 nitrogen and oxygen atoms in total. The van der Waals surface area contributed by atoms with Crippen LogP contribution in [-0.4, -0.2) is 51.1 Å². The highest BCUT2D eigenvalue weighted by atomic mass is 35.5. The molecule has 0 bridgehead atoms. The number of rotatable bonds is 6. The summed E-state index contributed by atoms with van der Waals surface area (Å²) in [6.07, 6.45) is 0.515. The minimum atomic E-state index is -4.55. The number of nitrogens with two attached hydrogens (primary N) is 1. The number of aromatic nitrogens is 2. The fraction of sp³-hybridized carbons (Fsp3) is 0.346. The van der Waals surface area contributed by atoms with E-state index in [0.29, 0.717) is 53.8 Å². The maximum absolute atomic E-state index is 13.5. The number of imide groups is 1. The van der Waals surface area contributed by atoms with Crippen LogP contribution in [0.25, 0.3) is 17.0 Å². The van der Waals surface area contributed by atoms with Crippen LogP contribution in [-0.2, 0) is 22.3 Å². The lowest BCUT2D eigenvalue weighted by atomic mass is 9.88. The molecule has 2 saturated heterocycles. The van der Waals surface area contributed by atoms with Crippen LogP contribution < -0.4 is 5.73 Å². The molecular formula is C26H24ClF3N4O3S. The molecule has 3 heterocycles. The lowest BCUT2D eigenvalue weighted by Gasteiger charge is -2.34. The van der Waals surface area contributed by atoms with E-state index in [1.54, 1.807) is 30.5 Å². The van der Waals surface area contributed by atoms with Gasteiger partial charge in [0.25, 0.3) is 11.1 Å². The van der Waals surface area contributed by atoms with Gasteiger partial charge in [0.05, 0.1) is 28.7 Å². The molecule has 0 aliphatic carbocycles. The summed E-state index contributed by atoms with van der Waals surface area (Å²) in [7, 11) is 0. The molecule has 0 saturated carbocycles. The van der Waals surface area contributed by atoms with Crippen molar-refractivity contribution in [2.24, 2.45) is 5.73 Å². The second-order valence-electron chi connectivity index (χ2n) is 9.48. The van der Waals surface area contributed by atoms with Crippen LogP contribution in [0.1, 0.15) is 36.0 Å². The third-order valence-corrected chi connectivity index (χ3v) is 8.00. The van der Waals surface area contributed by atoms with Crippen LogP contribution in [0.2, 0.25) is 5.02 Å². The van der Waals surface area contributed by atoms with Gasteiger partial charge in [0, 0.05) is 35.7 Å². The summed E-state index contributed by atoms with van der Waals surface area (Å²) in [6.45, 7) is 1.29. The molecule has 2 aliphatic heterocycles. The smallest absolute Gasteiger partial charge is 0.381 e. The number of halogens is 4. The largest absolute Gasteiger partial charge is 0.416 e. The quantitative estimate of drug-likeness (QED) is 0.387. The molecule has 200 valence electrons. The second kappa shape index (κ2) is 10.4. The van der Waals surface area contributed by atoms with Gasteiger partial charge in [-0.2, -0.15) is 18.3 Å². The van der Waals surface area contributed by atoms with E-state index in [1.165, 1.54) is 21.7 Å². The summed E-state index contributed by atoms with van der Waals surface area (Å²) in [4.78, 5) is 27.0. The van der Waals surface area contributed by atoms with Crippen LogP contribution in [0.3, 0.4) is 0 Å². The average molecular weight is 565 g/mol. The number of thioether (sulfide) groups is 1. The molecule has 38 heavy (non-hydrogen) atoms. The summed E-state index contributed by atoms with van der Waals surface area (Å²) in [6, 6.07) is 8.90. The van der Waals surface area contributed by atoms with Crippen LogP contribution in [0, 0.1) is 0 Å². The Balaban J connectivity index is 1.32. The summed E-state index contributed by atoms with van der Waals surface area (Å²) in [5.74, 6) is -0.367. The van der Waals surface area contributed by atoms with Gasteiger partial charge in [-0.05, 0) is 72.5 Å². The fourth-order valence-corrected chi connectivity index (χ4v) is 5.68. The molecule has 2 aromatic carbocycles. The van der Waals surface area contributed by atoms with Crippen molar-refractivity contribution in [3.8, 4) is 0 Å². The molecule has 0 radical (unpaired) electrons. The Bertz CT molecular complexity index is 1430. The molecule has 2 fully saturated rings. The van der Waals surface area contributed by atoms with Gasteiger partial charge in [0.2, 0.25) is 0 Å².